The molecule has 8 heteroatoms. The number of aromatic nitrogens is 2. The SMILES string of the molecule is NC1(c2nc(CCC(F)(F)F)no2)CCOC1. The molecule has 17 heavy (non-hydrogen) atoms. The number of rotatable bonds is 3. The first-order valence-electron chi connectivity index (χ1n) is 5.15. The second-order valence-electron chi connectivity index (χ2n) is 4.09. The third-order valence-corrected chi connectivity index (χ3v) is 2.58. The van der Waals surface area contributed by atoms with Gasteiger partial charge in [-0.25, -0.2) is 0 Å². The molecule has 0 radical (unpaired) electrons. The Labute approximate surface area is 95.1 Å². The maximum Gasteiger partial charge on any atom is 0.389 e. The smallest absolute Gasteiger partial charge is 0.379 e. The van der Waals surface area contributed by atoms with Crippen molar-refractivity contribution in [2.24, 2.45) is 5.73 Å². The summed E-state index contributed by atoms with van der Waals surface area (Å²) in [6, 6.07) is 0. The molecule has 0 aromatic carbocycles. The molecule has 1 unspecified atom stereocenters. The molecule has 1 aliphatic rings. The zero-order valence-corrected chi connectivity index (χ0v) is 8.96. The second kappa shape index (κ2) is 4.26. The maximum atomic E-state index is 12.0. The summed E-state index contributed by atoms with van der Waals surface area (Å²) in [4.78, 5) is 3.88. The van der Waals surface area contributed by atoms with Gasteiger partial charge in [0.1, 0.15) is 5.54 Å². The monoisotopic (exact) mass is 251 g/mol. The number of nitrogens with two attached hydrogens (primary N) is 1. The van der Waals surface area contributed by atoms with Crippen LogP contribution in [0.25, 0.3) is 0 Å². The van der Waals surface area contributed by atoms with Crippen molar-refractivity contribution in [3.05, 3.63) is 11.7 Å². The first-order valence-corrected chi connectivity index (χ1v) is 5.15. The molecule has 2 rings (SSSR count). The molecule has 0 aliphatic carbocycles. The van der Waals surface area contributed by atoms with E-state index in [1.807, 2.05) is 0 Å². The minimum absolute atomic E-state index is 0.0223. The van der Waals surface area contributed by atoms with Crippen LogP contribution in [0.1, 0.15) is 24.6 Å². The Kier molecular flexibility index (Phi) is 3.09. The number of aryl methyl sites for hydroxylation is 1. The standard InChI is InChI=1S/C9H12F3N3O2/c10-9(11,12)2-1-6-14-7(17-15-6)8(13)3-4-16-5-8/h1-5,13H2. The van der Waals surface area contributed by atoms with E-state index in [0.717, 1.165) is 0 Å². The molecule has 1 aromatic heterocycles. The molecule has 1 aliphatic heterocycles. The normalized spacial score (nSPS) is 25.4. The van der Waals surface area contributed by atoms with Gasteiger partial charge in [0.25, 0.3) is 0 Å². The van der Waals surface area contributed by atoms with Gasteiger partial charge in [-0.05, 0) is 6.42 Å². The summed E-state index contributed by atoms with van der Waals surface area (Å²) in [7, 11) is 0. The van der Waals surface area contributed by atoms with Crippen LogP contribution in [0.5, 0.6) is 0 Å². The van der Waals surface area contributed by atoms with Crippen molar-refractivity contribution in [1.29, 1.82) is 0 Å². The first-order chi connectivity index (χ1) is 7.89. The van der Waals surface area contributed by atoms with Gasteiger partial charge < -0.3 is 15.0 Å². The summed E-state index contributed by atoms with van der Waals surface area (Å²) < 4.78 is 46.0. The van der Waals surface area contributed by atoms with Crippen molar-refractivity contribution in [2.75, 3.05) is 13.2 Å². The fraction of sp³-hybridized carbons (Fsp3) is 0.778. The molecular weight excluding hydrogens is 239 g/mol. The van der Waals surface area contributed by atoms with Crippen LogP contribution in [0, 0.1) is 0 Å². The molecular formula is C9H12F3N3O2. The lowest BCUT2D eigenvalue weighted by Gasteiger charge is -2.15. The van der Waals surface area contributed by atoms with Gasteiger partial charge in [0, 0.05) is 13.0 Å². The van der Waals surface area contributed by atoms with Gasteiger partial charge in [-0.1, -0.05) is 5.16 Å². The van der Waals surface area contributed by atoms with Crippen molar-refractivity contribution in [3.8, 4) is 0 Å². The Morgan fingerprint density at radius 1 is 1.41 bits per heavy atom. The van der Waals surface area contributed by atoms with Crippen molar-refractivity contribution < 1.29 is 22.4 Å². The molecule has 1 fully saturated rings. The van der Waals surface area contributed by atoms with Crippen molar-refractivity contribution in [1.82, 2.24) is 10.1 Å². The Morgan fingerprint density at radius 2 is 2.18 bits per heavy atom. The third-order valence-electron chi connectivity index (χ3n) is 2.58. The topological polar surface area (TPSA) is 74.2 Å². The Hall–Kier alpha value is -1.15. The molecule has 0 amide bonds. The van der Waals surface area contributed by atoms with E-state index >= 15 is 0 Å². The van der Waals surface area contributed by atoms with Gasteiger partial charge in [0.05, 0.1) is 13.0 Å². The van der Waals surface area contributed by atoms with E-state index < -0.39 is 18.1 Å². The number of alkyl halides is 3. The van der Waals surface area contributed by atoms with Gasteiger partial charge in [-0.15, -0.1) is 0 Å². The average Bonchev–Trinajstić information content (AvgIpc) is 2.83. The Bertz CT molecular complexity index is 385. The van der Waals surface area contributed by atoms with E-state index in [-0.39, 0.29) is 24.7 Å². The summed E-state index contributed by atoms with van der Waals surface area (Å²) in [5.74, 6) is 0.168. The predicted octanol–water partition coefficient (Wildman–Crippen LogP) is 1.14. The highest BCUT2D eigenvalue weighted by atomic mass is 19.4. The van der Waals surface area contributed by atoms with E-state index in [1.165, 1.54) is 0 Å². The number of hydrogen-bond acceptors (Lipinski definition) is 5. The van der Waals surface area contributed by atoms with Crippen LogP contribution in [-0.2, 0) is 16.7 Å². The molecule has 1 aromatic rings. The zero-order valence-electron chi connectivity index (χ0n) is 8.96. The van der Waals surface area contributed by atoms with Crippen LogP contribution in [-0.4, -0.2) is 29.5 Å². The molecule has 0 bridgehead atoms. The largest absolute Gasteiger partial charge is 0.389 e. The summed E-state index contributed by atoms with van der Waals surface area (Å²) in [6.45, 7) is 0.727. The van der Waals surface area contributed by atoms with E-state index in [1.54, 1.807) is 0 Å². The highest BCUT2D eigenvalue weighted by molar-refractivity contribution is 5.04. The van der Waals surface area contributed by atoms with Gasteiger partial charge in [0.15, 0.2) is 5.82 Å². The lowest BCUT2D eigenvalue weighted by atomic mass is 10.0. The first kappa shape index (κ1) is 12.3. The van der Waals surface area contributed by atoms with E-state index in [4.69, 9.17) is 15.0 Å². The molecule has 96 valence electrons. The minimum Gasteiger partial charge on any atom is -0.379 e. The molecule has 5 nitrogen and oxygen atoms in total. The Morgan fingerprint density at radius 3 is 2.76 bits per heavy atom. The van der Waals surface area contributed by atoms with Crippen LogP contribution in [0.4, 0.5) is 13.2 Å². The molecule has 1 atom stereocenters. The third kappa shape index (κ3) is 2.95. The van der Waals surface area contributed by atoms with Gasteiger partial charge in [0.2, 0.25) is 5.89 Å². The quantitative estimate of drug-likeness (QED) is 0.871. The second-order valence-corrected chi connectivity index (χ2v) is 4.09. The summed E-state index contributed by atoms with van der Waals surface area (Å²) in [6.07, 6.45) is -4.98. The predicted molar refractivity (Wildman–Crippen MR) is 50.0 cm³/mol. The molecule has 0 saturated carbocycles. The summed E-state index contributed by atoms with van der Waals surface area (Å²) >= 11 is 0. The number of halogens is 3. The zero-order chi connectivity index (χ0) is 12.5. The van der Waals surface area contributed by atoms with Crippen LogP contribution in [0.2, 0.25) is 0 Å². The highest BCUT2D eigenvalue weighted by Crippen LogP contribution is 2.27. The number of ether oxygens (including phenoxy) is 1. The molecule has 1 saturated heterocycles. The van der Waals surface area contributed by atoms with E-state index in [9.17, 15) is 13.2 Å². The van der Waals surface area contributed by atoms with Crippen LogP contribution < -0.4 is 5.73 Å². The highest BCUT2D eigenvalue weighted by Gasteiger charge is 2.38. The van der Waals surface area contributed by atoms with Crippen molar-refractivity contribution in [2.45, 2.75) is 31.0 Å². The van der Waals surface area contributed by atoms with Crippen LogP contribution in [0.3, 0.4) is 0 Å². The maximum absolute atomic E-state index is 12.0. The van der Waals surface area contributed by atoms with Gasteiger partial charge in [-0.3, -0.25) is 0 Å². The molecule has 2 heterocycles. The number of nitrogens with zero attached hydrogens (tertiary/aromatic N) is 2. The minimum atomic E-state index is -4.22. The van der Waals surface area contributed by atoms with Crippen molar-refractivity contribution in [3.63, 3.8) is 0 Å². The average molecular weight is 251 g/mol. The summed E-state index contributed by atoms with van der Waals surface area (Å²) in [5, 5.41) is 3.49. The fourth-order valence-corrected chi connectivity index (χ4v) is 1.56. The van der Waals surface area contributed by atoms with Crippen molar-refractivity contribution >= 4 is 0 Å². The lowest BCUT2D eigenvalue weighted by molar-refractivity contribution is -0.134. The van der Waals surface area contributed by atoms with Crippen LogP contribution >= 0.6 is 0 Å². The lowest BCUT2D eigenvalue weighted by Crippen LogP contribution is -2.37. The number of hydrogen-bond donors (Lipinski definition) is 1. The van der Waals surface area contributed by atoms with E-state index in [2.05, 4.69) is 10.1 Å². The van der Waals surface area contributed by atoms with Gasteiger partial charge >= 0.3 is 6.18 Å². The summed E-state index contributed by atoms with van der Waals surface area (Å²) in [5.41, 5.74) is 5.07. The van der Waals surface area contributed by atoms with Crippen LogP contribution in [0.15, 0.2) is 4.52 Å². The fourth-order valence-electron chi connectivity index (χ4n) is 1.56. The Balaban J connectivity index is 2.01. The van der Waals surface area contributed by atoms with Gasteiger partial charge in [-0.2, -0.15) is 18.2 Å². The molecule has 2 N–H and O–H groups in total. The molecule has 0 spiro atoms. The van der Waals surface area contributed by atoms with E-state index in [0.29, 0.717) is 13.0 Å².